The van der Waals surface area contributed by atoms with Gasteiger partial charge in [-0.1, -0.05) is 36.9 Å². The molecule has 0 aliphatic heterocycles. The highest BCUT2D eigenvalue weighted by molar-refractivity contribution is 7.05. The van der Waals surface area contributed by atoms with E-state index >= 15 is 0 Å². The Hall–Kier alpha value is -0.980. The van der Waals surface area contributed by atoms with Gasteiger partial charge in [-0.15, -0.1) is 5.10 Å². The fraction of sp³-hybridized carbons (Fsp3) is 0.643. The van der Waals surface area contributed by atoms with Crippen LogP contribution in [0.5, 0.6) is 0 Å². The van der Waals surface area contributed by atoms with E-state index in [1.54, 1.807) is 0 Å². The van der Waals surface area contributed by atoms with Gasteiger partial charge in [-0.2, -0.15) is 5.10 Å². The maximum absolute atomic E-state index is 6.37. The molecule has 2 rings (SSSR count). The van der Waals surface area contributed by atoms with Crippen molar-refractivity contribution in [1.82, 2.24) is 24.7 Å². The Kier molecular flexibility index (Phi) is 4.70. The minimum absolute atomic E-state index is 0.0242. The number of aromatic nitrogens is 4. The van der Waals surface area contributed by atoms with Crippen molar-refractivity contribution in [1.29, 1.82) is 0 Å². The molecular weight excluding hydrogens is 306 g/mol. The van der Waals surface area contributed by atoms with Crippen LogP contribution in [0, 0.1) is 6.92 Å². The molecule has 2 heterocycles. The SMILES string of the molecule is CNC(Cc1c(Cl)c(C)nn1C)c1snnc1C(C)(C)C. The lowest BCUT2D eigenvalue weighted by Crippen LogP contribution is -2.24. The summed E-state index contributed by atoms with van der Waals surface area (Å²) in [7, 11) is 3.88. The molecule has 116 valence electrons. The third kappa shape index (κ3) is 3.27. The van der Waals surface area contributed by atoms with Crippen LogP contribution in [0.3, 0.4) is 0 Å². The molecule has 2 aromatic rings. The van der Waals surface area contributed by atoms with Crippen molar-refractivity contribution in [3.63, 3.8) is 0 Å². The fourth-order valence-electron chi connectivity index (χ4n) is 2.37. The van der Waals surface area contributed by atoms with E-state index in [0.717, 1.165) is 28.5 Å². The number of hydrogen-bond donors (Lipinski definition) is 1. The standard InChI is InChI=1S/C14H22ClN5S/c1-8-11(15)10(20(6)18-8)7-9(16-5)12-13(14(2,3)4)17-19-21-12/h9,16H,7H2,1-6H3. The van der Waals surface area contributed by atoms with E-state index < -0.39 is 0 Å². The van der Waals surface area contributed by atoms with Gasteiger partial charge in [0.05, 0.1) is 33.0 Å². The summed E-state index contributed by atoms with van der Waals surface area (Å²) in [6.45, 7) is 8.39. The zero-order valence-corrected chi connectivity index (χ0v) is 14.9. The molecule has 21 heavy (non-hydrogen) atoms. The van der Waals surface area contributed by atoms with Crippen molar-refractivity contribution < 1.29 is 0 Å². The van der Waals surface area contributed by atoms with Crippen molar-refractivity contribution in [2.75, 3.05) is 7.05 Å². The summed E-state index contributed by atoms with van der Waals surface area (Å²) in [6.07, 6.45) is 0.764. The molecule has 7 heteroatoms. The summed E-state index contributed by atoms with van der Waals surface area (Å²) in [6, 6.07) is 0.131. The van der Waals surface area contributed by atoms with Crippen LogP contribution < -0.4 is 5.32 Å². The van der Waals surface area contributed by atoms with E-state index in [2.05, 4.69) is 40.8 Å². The molecule has 1 atom stereocenters. The highest BCUT2D eigenvalue weighted by Crippen LogP contribution is 2.33. The molecule has 0 aromatic carbocycles. The molecule has 0 saturated carbocycles. The van der Waals surface area contributed by atoms with E-state index in [4.69, 9.17) is 11.6 Å². The lowest BCUT2D eigenvalue weighted by Gasteiger charge is -2.21. The minimum atomic E-state index is -0.0242. The Labute approximate surface area is 134 Å². The van der Waals surface area contributed by atoms with Crippen molar-refractivity contribution >= 4 is 23.1 Å². The van der Waals surface area contributed by atoms with Gasteiger partial charge in [0.15, 0.2) is 0 Å². The summed E-state index contributed by atoms with van der Waals surface area (Å²) in [5.41, 5.74) is 2.91. The Balaban J connectivity index is 2.35. The smallest absolute Gasteiger partial charge is 0.0857 e. The first-order valence-electron chi connectivity index (χ1n) is 6.93. The normalized spacial score (nSPS) is 13.7. The van der Waals surface area contributed by atoms with Crippen LogP contribution in [0.1, 0.15) is 48.8 Å². The largest absolute Gasteiger partial charge is 0.312 e. The van der Waals surface area contributed by atoms with Crippen molar-refractivity contribution in [2.24, 2.45) is 7.05 Å². The maximum Gasteiger partial charge on any atom is 0.0857 e. The monoisotopic (exact) mass is 327 g/mol. The lowest BCUT2D eigenvalue weighted by atomic mass is 9.89. The average molecular weight is 328 g/mol. The van der Waals surface area contributed by atoms with Crippen LogP contribution in [0.2, 0.25) is 5.02 Å². The molecular formula is C14H22ClN5S. The van der Waals surface area contributed by atoms with E-state index in [1.807, 2.05) is 25.7 Å². The highest BCUT2D eigenvalue weighted by atomic mass is 35.5. The molecule has 0 saturated heterocycles. The van der Waals surface area contributed by atoms with Gasteiger partial charge < -0.3 is 5.32 Å². The second-order valence-electron chi connectivity index (χ2n) is 6.25. The zero-order chi connectivity index (χ0) is 15.8. The first-order valence-corrected chi connectivity index (χ1v) is 8.08. The summed E-state index contributed by atoms with van der Waals surface area (Å²) in [5.74, 6) is 0. The summed E-state index contributed by atoms with van der Waals surface area (Å²) >= 11 is 7.82. The number of halogens is 1. The van der Waals surface area contributed by atoms with Gasteiger partial charge in [-0.05, 0) is 25.5 Å². The zero-order valence-electron chi connectivity index (χ0n) is 13.4. The van der Waals surface area contributed by atoms with Crippen molar-refractivity contribution in [3.8, 4) is 0 Å². The van der Waals surface area contributed by atoms with Crippen molar-refractivity contribution in [3.05, 3.63) is 27.0 Å². The van der Waals surface area contributed by atoms with Crippen LogP contribution in [0.4, 0.5) is 0 Å². The lowest BCUT2D eigenvalue weighted by molar-refractivity contribution is 0.522. The topological polar surface area (TPSA) is 55.6 Å². The molecule has 2 aromatic heterocycles. The van der Waals surface area contributed by atoms with Gasteiger partial charge in [0, 0.05) is 18.9 Å². The Morgan fingerprint density at radius 1 is 1.38 bits per heavy atom. The highest BCUT2D eigenvalue weighted by Gasteiger charge is 2.28. The Bertz CT molecular complexity index is 626. The molecule has 0 amide bonds. The molecule has 0 fully saturated rings. The predicted octanol–water partition coefficient (Wildman–Crippen LogP) is 3.03. The molecule has 0 aliphatic carbocycles. The summed E-state index contributed by atoms with van der Waals surface area (Å²) < 4.78 is 6.00. The molecule has 5 nitrogen and oxygen atoms in total. The molecule has 0 spiro atoms. The number of rotatable bonds is 4. The first kappa shape index (κ1) is 16.4. The quantitative estimate of drug-likeness (QED) is 0.937. The van der Waals surface area contributed by atoms with Gasteiger partial charge in [0.2, 0.25) is 0 Å². The van der Waals surface area contributed by atoms with E-state index in [9.17, 15) is 0 Å². The summed E-state index contributed by atoms with van der Waals surface area (Å²) in [4.78, 5) is 1.17. The van der Waals surface area contributed by atoms with Crippen LogP contribution in [-0.2, 0) is 18.9 Å². The third-order valence-electron chi connectivity index (χ3n) is 3.55. The molecule has 1 unspecified atom stereocenters. The van der Waals surface area contributed by atoms with Gasteiger partial charge >= 0.3 is 0 Å². The first-order chi connectivity index (χ1) is 9.75. The van der Waals surface area contributed by atoms with E-state index in [1.165, 1.54) is 16.4 Å². The number of hydrogen-bond acceptors (Lipinski definition) is 5. The van der Waals surface area contributed by atoms with Crippen LogP contribution in [-0.4, -0.2) is 26.4 Å². The number of nitrogens with zero attached hydrogens (tertiary/aromatic N) is 4. The van der Waals surface area contributed by atoms with E-state index in [-0.39, 0.29) is 11.5 Å². The van der Waals surface area contributed by atoms with E-state index in [0.29, 0.717) is 0 Å². The fourth-order valence-corrected chi connectivity index (χ4v) is 3.58. The minimum Gasteiger partial charge on any atom is -0.312 e. The number of nitrogens with one attached hydrogen (secondary N) is 1. The van der Waals surface area contributed by atoms with Gasteiger partial charge in [-0.3, -0.25) is 4.68 Å². The Morgan fingerprint density at radius 3 is 2.52 bits per heavy atom. The van der Waals surface area contributed by atoms with Gasteiger partial charge in [0.1, 0.15) is 0 Å². The molecule has 0 bridgehead atoms. The average Bonchev–Trinajstić information content (AvgIpc) is 2.95. The Morgan fingerprint density at radius 2 is 2.05 bits per heavy atom. The van der Waals surface area contributed by atoms with Crippen LogP contribution >= 0.6 is 23.1 Å². The van der Waals surface area contributed by atoms with Crippen LogP contribution in [0.25, 0.3) is 0 Å². The van der Waals surface area contributed by atoms with Gasteiger partial charge in [-0.25, -0.2) is 0 Å². The maximum atomic E-state index is 6.37. The van der Waals surface area contributed by atoms with Crippen LogP contribution in [0.15, 0.2) is 0 Å². The second-order valence-corrected chi connectivity index (χ2v) is 7.41. The van der Waals surface area contributed by atoms with Crippen molar-refractivity contribution in [2.45, 2.75) is 45.6 Å². The third-order valence-corrected chi connectivity index (χ3v) is 4.88. The number of aryl methyl sites for hydroxylation is 2. The predicted molar refractivity (Wildman–Crippen MR) is 87.1 cm³/mol. The summed E-state index contributed by atoms with van der Waals surface area (Å²) in [5, 5.41) is 12.8. The molecule has 1 N–H and O–H groups in total. The van der Waals surface area contributed by atoms with Gasteiger partial charge in [0.25, 0.3) is 0 Å². The molecule has 0 aliphatic rings. The number of likely N-dealkylation sites (N-methyl/N-ethyl adjacent to an activating group) is 1. The molecule has 0 radical (unpaired) electrons. The second kappa shape index (κ2) is 6.02.